The van der Waals surface area contributed by atoms with E-state index in [1.165, 1.54) is 0 Å². The van der Waals surface area contributed by atoms with Crippen molar-refractivity contribution in [1.82, 2.24) is 4.98 Å². The van der Waals surface area contributed by atoms with Crippen LogP contribution in [0.5, 0.6) is 0 Å². The molecule has 3 aromatic rings. The molecule has 0 atom stereocenters. The Labute approximate surface area is 140 Å². The van der Waals surface area contributed by atoms with E-state index in [1.807, 2.05) is 42.5 Å². The maximum atomic E-state index is 13.0. The zero-order valence-electron chi connectivity index (χ0n) is 14.0. The molecule has 24 heavy (non-hydrogen) atoms. The van der Waals surface area contributed by atoms with Crippen LogP contribution in [0.4, 0.5) is 0 Å². The Hall–Kier alpha value is -2.88. The van der Waals surface area contributed by atoms with E-state index in [-0.39, 0.29) is 5.78 Å². The van der Waals surface area contributed by atoms with Crippen molar-refractivity contribution in [2.75, 3.05) is 6.61 Å². The van der Waals surface area contributed by atoms with Gasteiger partial charge in [-0.25, -0.2) is 4.79 Å². The van der Waals surface area contributed by atoms with Crippen molar-refractivity contribution in [2.24, 2.45) is 0 Å². The smallest absolute Gasteiger partial charge is 0.355 e. The molecule has 0 aliphatic heterocycles. The van der Waals surface area contributed by atoms with Gasteiger partial charge in [-0.05, 0) is 43.2 Å². The number of nitrogens with one attached hydrogen (secondary N) is 1. The monoisotopic (exact) mass is 321 g/mol. The number of rotatable bonds is 4. The molecule has 0 saturated heterocycles. The molecular formula is C20H19NO3. The van der Waals surface area contributed by atoms with E-state index in [2.05, 4.69) is 4.98 Å². The Morgan fingerprint density at radius 2 is 1.75 bits per heavy atom. The number of fused-ring (bicyclic) bond motifs is 1. The number of hydrogen-bond acceptors (Lipinski definition) is 3. The molecule has 0 aliphatic rings. The predicted molar refractivity (Wildman–Crippen MR) is 93.6 cm³/mol. The fraction of sp³-hybridized carbons (Fsp3) is 0.200. The number of hydrogen-bond donors (Lipinski definition) is 1. The van der Waals surface area contributed by atoms with Gasteiger partial charge >= 0.3 is 5.97 Å². The van der Waals surface area contributed by atoms with Gasteiger partial charge in [0.1, 0.15) is 5.69 Å². The molecule has 0 fully saturated rings. The van der Waals surface area contributed by atoms with Crippen molar-refractivity contribution in [3.63, 3.8) is 0 Å². The molecule has 1 N–H and O–H groups in total. The summed E-state index contributed by atoms with van der Waals surface area (Å²) in [6.45, 7) is 5.61. The fourth-order valence-electron chi connectivity index (χ4n) is 2.97. The summed E-state index contributed by atoms with van der Waals surface area (Å²) in [5.74, 6) is -0.529. The van der Waals surface area contributed by atoms with Crippen LogP contribution >= 0.6 is 0 Å². The Balaban J connectivity index is 2.04. The molecule has 2 aromatic carbocycles. The summed E-state index contributed by atoms with van der Waals surface area (Å²) in [5.41, 5.74) is 2.79. The van der Waals surface area contributed by atoms with Crippen LogP contribution in [-0.2, 0) is 4.74 Å². The normalized spacial score (nSPS) is 10.8. The minimum Gasteiger partial charge on any atom is -0.461 e. The number of esters is 1. The van der Waals surface area contributed by atoms with Crippen LogP contribution in [-0.4, -0.2) is 23.3 Å². The Kier molecular flexibility index (Phi) is 4.21. The first-order valence-electron chi connectivity index (χ1n) is 7.92. The van der Waals surface area contributed by atoms with Crippen molar-refractivity contribution in [3.8, 4) is 0 Å². The summed E-state index contributed by atoms with van der Waals surface area (Å²) in [6.07, 6.45) is 0. The number of aryl methyl sites for hydroxylation is 1. The quantitative estimate of drug-likeness (QED) is 0.579. The van der Waals surface area contributed by atoms with Crippen molar-refractivity contribution in [3.05, 3.63) is 70.5 Å². The zero-order chi connectivity index (χ0) is 17.3. The van der Waals surface area contributed by atoms with Gasteiger partial charge in [0, 0.05) is 16.8 Å². The average Bonchev–Trinajstić information content (AvgIpc) is 2.88. The molecular weight excluding hydrogens is 302 g/mol. The van der Waals surface area contributed by atoms with E-state index in [0.29, 0.717) is 34.7 Å². The maximum Gasteiger partial charge on any atom is 0.355 e. The van der Waals surface area contributed by atoms with Crippen LogP contribution in [0, 0.1) is 13.8 Å². The first-order valence-corrected chi connectivity index (χ1v) is 7.92. The largest absolute Gasteiger partial charge is 0.461 e. The summed E-state index contributed by atoms with van der Waals surface area (Å²) in [6, 6.07) is 13.5. The highest BCUT2D eigenvalue weighted by atomic mass is 16.5. The second-order valence-corrected chi connectivity index (χ2v) is 5.74. The lowest BCUT2D eigenvalue weighted by Crippen LogP contribution is -2.08. The third kappa shape index (κ3) is 2.71. The highest BCUT2D eigenvalue weighted by Gasteiger charge is 2.23. The predicted octanol–water partition coefficient (Wildman–Crippen LogP) is 4.19. The number of H-pyrrole nitrogens is 1. The molecule has 4 heteroatoms. The molecule has 4 nitrogen and oxygen atoms in total. The summed E-state index contributed by atoms with van der Waals surface area (Å²) >= 11 is 0. The first kappa shape index (κ1) is 16.0. The number of aromatic nitrogens is 1. The van der Waals surface area contributed by atoms with Gasteiger partial charge in [-0.1, -0.05) is 36.4 Å². The highest BCUT2D eigenvalue weighted by Crippen LogP contribution is 2.24. The molecule has 0 saturated carbocycles. The molecule has 0 unspecified atom stereocenters. The molecule has 0 spiro atoms. The molecule has 1 heterocycles. The van der Waals surface area contributed by atoms with Crippen LogP contribution in [0.15, 0.2) is 42.5 Å². The van der Waals surface area contributed by atoms with Crippen LogP contribution in [0.2, 0.25) is 0 Å². The molecule has 0 amide bonds. The van der Waals surface area contributed by atoms with Gasteiger partial charge in [-0.2, -0.15) is 0 Å². The maximum absolute atomic E-state index is 13.0. The number of carbonyl (C=O) groups excluding carboxylic acids is 2. The van der Waals surface area contributed by atoms with Gasteiger partial charge in [0.25, 0.3) is 0 Å². The van der Waals surface area contributed by atoms with Gasteiger partial charge in [-0.15, -0.1) is 0 Å². The van der Waals surface area contributed by atoms with Gasteiger partial charge in [0.2, 0.25) is 0 Å². The van der Waals surface area contributed by atoms with Crippen molar-refractivity contribution < 1.29 is 14.3 Å². The number of carbonyl (C=O) groups is 2. The van der Waals surface area contributed by atoms with Crippen LogP contribution < -0.4 is 0 Å². The lowest BCUT2D eigenvalue weighted by Gasteiger charge is -2.05. The van der Waals surface area contributed by atoms with Crippen LogP contribution in [0.3, 0.4) is 0 Å². The lowest BCUT2D eigenvalue weighted by atomic mass is 9.97. The van der Waals surface area contributed by atoms with Gasteiger partial charge in [0.15, 0.2) is 5.78 Å². The summed E-state index contributed by atoms with van der Waals surface area (Å²) in [4.78, 5) is 27.9. The fourth-order valence-corrected chi connectivity index (χ4v) is 2.97. The molecule has 1 aromatic heterocycles. The molecule has 0 aliphatic carbocycles. The van der Waals surface area contributed by atoms with E-state index >= 15 is 0 Å². The van der Waals surface area contributed by atoms with Gasteiger partial charge < -0.3 is 9.72 Å². The minimum absolute atomic E-state index is 0.0949. The van der Waals surface area contributed by atoms with Crippen LogP contribution in [0.1, 0.15) is 44.6 Å². The van der Waals surface area contributed by atoms with E-state index < -0.39 is 5.97 Å². The molecule has 122 valence electrons. The average molecular weight is 321 g/mol. The Morgan fingerprint density at radius 3 is 2.46 bits per heavy atom. The second-order valence-electron chi connectivity index (χ2n) is 5.74. The van der Waals surface area contributed by atoms with E-state index in [0.717, 1.165) is 10.8 Å². The first-order chi connectivity index (χ1) is 11.5. The zero-order valence-corrected chi connectivity index (χ0v) is 14.0. The third-order valence-corrected chi connectivity index (χ3v) is 4.16. The number of ketones is 1. The topological polar surface area (TPSA) is 59.2 Å². The van der Waals surface area contributed by atoms with E-state index in [9.17, 15) is 9.59 Å². The van der Waals surface area contributed by atoms with Gasteiger partial charge in [0.05, 0.1) is 6.61 Å². The van der Waals surface area contributed by atoms with Crippen molar-refractivity contribution in [1.29, 1.82) is 0 Å². The Morgan fingerprint density at radius 1 is 1.04 bits per heavy atom. The summed E-state index contributed by atoms with van der Waals surface area (Å²) in [7, 11) is 0. The highest BCUT2D eigenvalue weighted by molar-refractivity contribution is 6.13. The number of aromatic amines is 1. The SMILES string of the molecule is CCOC(=O)c1[nH]c(C)c(C(=O)c2ccc3ccccc3c2)c1C. The molecule has 3 rings (SSSR count). The molecule has 0 bridgehead atoms. The van der Waals surface area contributed by atoms with Crippen LogP contribution in [0.25, 0.3) is 10.8 Å². The molecule has 0 radical (unpaired) electrons. The number of ether oxygens (including phenoxy) is 1. The standard InChI is InChI=1S/C20H19NO3/c1-4-24-20(23)18-12(2)17(13(3)21-18)19(22)16-10-9-14-7-5-6-8-15(14)11-16/h5-11,21H,4H2,1-3H3. The van der Waals surface area contributed by atoms with E-state index in [1.54, 1.807) is 20.8 Å². The van der Waals surface area contributed by atoms with Crippen molar-refractivity contribution >= 4 is 22.5 Å². The Bertz CT molecular complexity index is 937. The summed E-state index contributed by atoms with van der Waals surface area (Å²) in [5, 5.41) is 2.10. The summed E-state index contributed by atoms with van der Waals surface area (Å²) < 4.78 is 5.04. The minimum atomic E-state index is -0.435. The number of benzene rings is 2. The second kappa shape index (κ2) is 6.32. The lowest BCUT2D eigenvalue weighted by molar-refractivity contribution is 0.0519. The van der Waals surface area contributed by atoms with Crippen molar-refractivity contribution in [2.45, 2.75) is 20.8 Å². The van der Waals surface area contributed by atoms with Gasteiger partial charge in [-0.3, -0.25) is 4.79 Å². The third-order valence-electron chi connectivity index (χ3n) is 4.16. The van der Waals surface area contributed by atoms with E-state index in [4.69, 9.17) is 4.74 Å².